The summed E-state index contributed by atoms with van der Waals surface area (Å²) < 4.78 is 1.83. The first-order valence-electron chi connectivity index (χ1n) is 9.62. The fraction of sp³-hybridized carbons (Fsp3) is 0.381. The van der Waals surface area contributed by atoms with Gasteiger partial charge < -0.3 is 11.1 Å². The Morgan fingerprint density at radius 1 is 1.22 bits per heavy atom. The summed E-state index contributed by atoms with van der Waals surface area (Å²) >= 11 is 0. The molecule has 0 saturated heterocycles. The van der Waals surface area contributed by atoms with Crippen LogP contribution >= 0.6 is 0 Å². The minimum atomic E-state index is -0.103. The van der Waals surface area contributed by atoms with Crippen LogP contribution in [0.2, 0.25) is 0 Å². The number of nitrogens with two attached hydrogens (primary N) is 1. The topological polar surface area (TPSA) is 85.8 Å². The number of carbonyl (C=O) groups is 1. The average molecular weight is 361 g/mol. The van der Waals surface area contributed by atoms with Crippen molar-refractivity contribution in [1.29, 1.82) is 0 Å². The summed E-state index contributed by atoms with van der Waals surface area (Å²) in [5, 5.41) is 8.67. The van der Waals surface area contributed by atoms with E-state index in [0.29, 0.717) is 23.9 Å². The number of carbonyl (C=O) groups excluding carboxylic acids is 1. The fourth-order valence-corrected chi connectivity index (χ4v) is 3.68. The van der Waals surface area contributed by atoms with E-state index in [1.54, 1.807) is 0 Å². The number of hydrogen-bond acceptors (Lipinski definition) is 4. The molecule has 0 aliphatic heterocycles. The second kappa shape index (κ2) is 6.16. The Hall–Kier alpha value is -2.73. The van der Waals surface area contributed by atoms with Crippen molar-refractivity contribution in [3.63, 3.8) is 0 Å². The highest BCUT2D eigenvalue weighted by atomic mass is 16.1. The standard InChI is InChI=1S/C21H23N5O/c1-26-20-18(19(25-26)14-7-8-14)16(10-17(24-20)13-5-6-13)21(27)23-15-4-2-3-12(9-15)11-22/h2-4,9-10,13-14H,5-8,11,22H2,1H3,(H,23,27). The molecule has 3 N–H and O–H groups in total. The van der Waals surface area contributed by atoms with E-state index in [0.717, 1.165) is 59.4 Å². The summed E-state index contributed by atoms with van der Waals surface area (Å²) in [4.78, 5) is 18.1. The maximum Gasteiger partial charge on any atom is 0.256 e. The van der Waals surface area contributed by atoms with Gasteiger partial charge in [0.05, 0.1) is 16.6 Å². The van der Waals surface area contributed by atoms with Crippen LogP contribution in [0.4, 0.5) is 5.69 Å². The Morgan fingerprint density at radius 2 is 2.00 bits per heavy atom. The fourth-order valence-electron chi connectivity index (χ4n) is 3.68. The Bertz CT molecular complexity index is 1050. The van der Waals surface area contributed by atoms with Crippen LogP contribution in [0.25, 0.3) is 11.0 Å². The van der Waals surface area contributed by atoms with Crippen molar-refractivity contribution in [2.75, 3.05) is 5.32 Å². The highest BCUT2D eigenvalue weighted by molar-refractivity contribution is 6.13. The summed E-state index contributed by atoms with van der Waals surface area (Å²) in [6, 6.07) is 9.66. The maximum atomic E-state index is 13.2. The zero-order chi connectivity index (χ0) is 18.5. The molecule has 1 aromatic carbocycles. The van der Waals surface area contributed by atoms with Crippen molar-refractivity contribution in [1.82, 2.24) is 14.8 Å². The minimum absolute atomic E-state index is 0.103. The van der Waals surface area contributed by atoms with Crippen LogP contribution < -0.4 is 11.1 Å². The van der Waals surface area contributed by atoms with E-state index in [-0.39, 0.29) is 5.91 Å². The van der Waals surface area contributed by atoms with Gasteiger partial charge in [0.25, 0.3) is 5.91 Å². The van der Waals surface area contributed by atoms with Gasteiger partial charge in [-0.05, 0) is 49.4 Å². The van der Waals surface area contributed by atoms with Crippen molar-refractivity contribution < 1.29 is 4.79 Å². The van der Waals surface area contributed by atoms with Gasteiger partial charge in [0.15, 0.2) is 5.65 Å². The molecule has 2 saturated carbocycles. The van der Waals surface area contributed by atoms with Crippen molar-refractivity contribution in [3.8, 4) is 0 Å². The van der Waals surface area contributed by atoms with Gasteiger partial charge in [-0.3, -0.25) is 9.48 Å². The zero-order valence-corrected chi connectivity index (χ0v) is 15.4. The number of nitrogens with zero attached hydrogens (tertiary/aromatic N) is 3. The number of nitrogens with one attached hydrogen (secondary N) is 1. The molecule has 5 rings (SSSR count). The quantitative estimate of drug-likeness (QED) is 0.729. The third-order valence-corrected chi connectivity index (χ3v) is 5.47. The molecule has 2 aliphatic carbocycles. The molecule has 1 amide bonds. The smallest absolute Gasteiger partial charge is 0.256 e. The molecule has 0 unspecified atom stereocenters. The van der Waals surface area contributed by atoms with Crippen molar-refractivity contribution >= 4 is 22.6 Å². The molecule has 2 heterocycles. The van der Waals surface area contributed by atoms with Gasteiger partial charge >= 0.3 is 0 Å². The molecule has 27 heavy (non-hydrogen) atoms. The second-order valence-electron chi connectivity index (χ2n) is 7.71. The molecule has 6 nitrogen and oxygen atoms in total. The summed E-state index contributed by atoms with van der Waals surface area (Å²) in [7, 11) is 1.92. The molecule has 3 aromatic rings. The van der Waals surface area contributed by atoms with Gasteiger partial charge in [-0.1, -0.05) is 12.1 Å². The molecule has 0 bridgehead atoms. The number of hydrogen-bond donors (Lipinski definition) is 2. The van der Waals surface area contributed by atoms with Crippen LogP contribution in [0, 0.1) is 0 Å². The summed E-state index contributed by atoms with van der Waals surface area (Å²) in [5.74, 6) is 0.823. The highest BCUT2D eigenvalue weighted by Gasteiger charge is 2.33. The molecule has 2 fully saturated rings. The first-order valence-corrected chi connectivity index (χ1v) is 9.62. The van der Waals surface area contributed by atoms with Gasteiger partial charge in [-0.25, -0.2) is 4.98 Å². The second-order valence-corrected chi connectivity index (χ2v) is 7.71. The van der Waals surface area contributed by atoms with E-state index in [1.165, 1.54) is 0 Å². The third kappa shape index (κ3) is 3.00. The van der Waals surface area contributed by atoms with Crippen molar-refractivity contribution in [2.45, 2.75) is 44.1 Å². The van der Waals surface area contributed by atoms with Gasteiger partial charge in [0, 0.05) is 36.8 Å². The molecule has 0 atom stereocenters. The molecular weight excluding hydrogens is 338 g/mol. The number of anilines is 1. The number of amides is 1. The van der Waals surface area contributed by atoms with Crippen molar-refractivity contribution in [3.05, 3.63) is 52.8 Å². The molecule has 0 spiro atoms. The van der Waals surface area contributed by atoms with E-state index in [1.807, 2.05) is 42.1 Å². The van der Waals surface area contributed by atoms with Crippen LogP contribution in [-0.2, 0) is 13.6 Å². The Kier molecular flexibility index (Phi) is 3.75. The molecule has 2 aromatic heterocycles. The number of rotatable bonds is 5. The molecule has 6 heteroatoms. The lowest BCUT2D eigenvalue weighted by atomic mass is 10.0. The lowest BCUT2D eigenvalue weighted by Crippen LogP contribution is -2.14. The van der Waals surface area contributed by atoms with Crippen molar-refractivity contribution in [2.24, 2.45) is 12.8 Å². The van der Waals surface area contributed by atoms with E-state index < -0.39 is 0 Å². The summed E-state index contributed by atoms with van der Waals surface area (Å²) in [5.41, 5.74) is 11.0. The van der Waals surface area contributed by atoms with Crippen LogP contribution in [0.1, 0.15) is 64.8 Å². The van der Waals surface area contributed by atoms with Crippen LogP contribution in [0.5, 0.6) is 0 Å². The lowest BCUT2D eigenvalue weighted by molar-refractivity contribution is 0.102. The number of pyridine rings is 1. The SMILES string of the molecule is Cn1nc(C2CC2)c2c(C(=O)Nc3cccc(CN)c3)cc(C3CC3)nc21. The van der Waals surface area contributed by atoms with Crippen LogP contribution in [-0.4, -0.2) is 20.7 Å². The predicted octanol–water partition coefficient (Wildman–Crippen LogP) is 3.43. The van der Waals surface area contributed by atoms with Gasteiger partial charge in [0.1, 0.15) is 0 Å². The highest BCUT2D eigenvalue weighted by Crippen LogP contribution is 2.45. The third-order valence-electron chi connectivity index (χ3n) is 5.47. The van der Waals surface area contributed by atoms with Gasteiger partial charge in [-0.2, -0.15) is 5.10 Å². The average Bonchev–Trinajstić information content (AvgIpc) is 3.59. The maximum absolute atomic E-state index is 13.2. The Labute approximate surface area is 157 Å². The first kappa shape index (κ1) is 16.4. The van der Waals surface area contributed by atoms with Gasteiger partial charge in [0.2, 0.25) is 0 Å². The number of benzene rings is 1. The Balaban J connectivity index is 1.60. The molecular formula is C21H23N5O. The Morgan fingerprint density at radius 3 is 2.70 bits per heavy atom. The largest absolute Gasteiger partial charge is 0.326 e. The number of aryl methyl sites for hydroxylation is 1. The molecule has 2 aliphatic rings. The van der Waals surface area contributed by atoms with Crippen LogP contribution in [0.15, 0.2) is 30.3 Å². The van der Waals surface area contributed by atoms with E-state index in [4.69, 9.17) is 15.8 Å². The van der Waals surface area contributed by atoms with Crippen LogP contribution in [0.3, 0.4) is 0 Å². The number of fused-ring (bicyclic) bond motifs is 1. The van der Waals surface area contributed by atoms with E-state index >= 15 is 0 Å². The normalized spacial score (nSPS) is 16.7. The molecule has 138 valence electrons. The minimum Gasteiger partial charge on any atom is -0.326 e. The van der Waals surface area contributed by atoms with E-state index in [2.05, 4.69) is 5.32 Å². The first-order chi connectivity index (χ1) is 13.1. The predicted molar refractivity (Wildman–Crippen MR) is 105 cm³/mol. The molecule has 0 radical (unpaired) electrons. The summed E-state index contributed by atoms with van der Waals surface area (Å²) in [6.45, 7) is 0.448. The van der Waals surface area contributed by atoms with E-state index in [9.17, 15) is 4.79 Å². The van der Waals surface area contributed by atoms with Gasteiger partial charge in [-0.15, -0.1) is 0 Å². The lowest BCUT2D eigenvalue weighted by Gasteiger charge is -2.10. The zero-order valence-electron chi connectivity index (χ0n) is 15.4. The monoisotopic (exact) mass is 361 g/mol. The number of aromatic nitrogens is 3. The summed E-state index contributed by atoms with van der Waals surface area (Å²) in [6.07, 6.45) is 4.56.